The molecule has 9 nitrogen and oxygen atoms in total. The Hall–Kier alpha value is -2.99. The number of nitrogens with one attached hydrogen (secondary N) is 1. The molecule has 0 radical (unpaired) electrons. The van der Waals surface area contributed by atoms with Gasteiger partial charge in [-0.1, -0.05) is 29.8 Å². The van der Waals surface area contributed by atoms with E-state index in [1.54, 1.807) is 51.6 Å². The molecule has 1 unspecified atom stereocenters. The van der Waals surface area contributed by atoms with E-state index in [0.29, 0.717) is 27.9 Å². The lowest BCUT2D eigenvalue weighted by Crippen LogP contribution is -2.41. The van der Waals surface area contributed by atoms with Crippen molar-refractivity contribution in [2.24, 2.45) is 0 Å². The molecule has 192 valence electrons. The molecule has 0 aliphatic carbocycles. The number of hydrogen-bond acceptors (Lipinski definition) is 7. The normalized spacial score (nSPS) is 16.6. The van der Waals surface area contributed by atoms with E-state index >= 15 is 0 Å². The van der Waals surface area contributed by atoms with E-state index in [2.05, 4.69) is 20.4 Å². The third kappa shape index (κ3) is 5.49. The van der Waals surface area contributed by atoms with E-state index in [1.165, 1.54) is 18.1 Å². The van der Waals surface area contributed by atoms with Crippen LogP contribution in [0.2, 0.25) is 5.02 Å². The third-order valence-corrected chi connectivity index (χ3v) is 9.51. The van der Waals surface area contributed by atoms with Crippen LogP contribution in [0, 0.1) is 0 Å². The number of carbonyl (C=O) groups excluding carboxylic acids is 1. The molecular formula is C25H25ClN6O3S2. The van der Waals surface area contributed by atoms with Gasteiger partial charge in [0, 0.05) is 23.3 Å². The first-order valence-electron chi connectivity index (χ1n) is 11.8. The zero-order valence-corrected chi connectivity index (χ0v) is 22.4. The Kier molecular flexibility index (Phi) is 7.47. The average Bonchev–Trinajstić information content (AvgIpc) is 3.33. The van der Waals surface area contributed by atoms with Gasteiger partial charge in [0.1, 0.15) is 11.4 Å². The summed E-state index contributed by atoms with van der Waals surface area (Å²) in [4.78, 5) is 21.5. The van der Waals surface area contributed by atoms with Crippen LogP contribution in [0.25, 0.3) is 16.7 Å². The number of fused-ring (bicyclic) bond motifs is 1. The average molecular weight is 557 g/mol. The highest BCUT2D eigenvalue weighted by Gasteiger charge is 2.30. The van der Waals surface area contributed by atoms with Crippen LogP contribution in [0.5, 0.6) is 0 Å². The van der Waals surface area contributed by atoms with Crippen LogP contribution in [-0.4, -0.2) is 56.7 Å². The Labute approximate surface area is 224 Å². The highest BCUT2D eigenvalue weighted by atomic mass is 35.5. The number of sulfonamides is 1. The van der Waals surface area contributed by atoms with Crippen molar-refractivity contribution in [2.45, 2.75) is 42.1 Å². The summed E-state index contributed by atoms with van der Waals surface area (Å²) in [5, 5.41) is 9.24. The summed E-state index contributed by atoms with van der Waals surface area (Å²) < 4.78 is 29.3. The molecule has 0 saturated carbocycles. The zero-order valence-electron chi connectivity index (χ0n) is 20.0. The minimum absolute atomic E-state index is 0.0123. The fourth-order valence-corrected chi connectivity index (χ4v) is 6.90. The first-order chi connectivity index (χ1) is 17.8. The largest absolute Gasteiger partial charge is 0.325 e. The number of benzene rings is 2. The van der Waals surface area contributed by atoms with E-state index in [1.807, 2.05) is 19.1 Å². The molecule has 0 bridgehead atoms. The fraction of sp³-hybridized carbons (Fsp3) is 0.280. The van der Waals surface area contributed by atoms with E-state index < -0.39 is 10.0 Å². The molecule has 37 heavy (non-hydrogen) atoms. The predicted molar refractivity (Wildman–Crippen MR) is 145 cm³/mol. The molecule has 1 amide bonds. The van der Waals surface area contributed by atoms with Crippen molar-refractivity contribution in [1.29, 1.82) is 0 Å². The van der Waals surface area contributed by atoms with Gasteiger partial charge >= 0.3 is 0 Å². The molecule has 5 rings (SSSR count). The molecule has 1 N–H and O–H groups in total. The van der Waals surface area contributed by atoms with Gasteiger partial charge in [0.05, 0.1) is 27.9 Å². The van der Waals surface area contributed by atoms with Gasteiger partial charge in [-0.3, -0.25) is 4.79 Å². The van der Waals surface area contributed by atoms with Gasteiger partial charge in [-0.15, -0.1) is 0 Å². The number of rotatable bonds is 7. The Morgan fingerprint density at radius 2 is 1.86 bits per heavy atom. The molecule has 1 atom stereocenters. The Balaban J connectivity index is 1.24. The van der Waals surface area contributed by atoms with Gasteiger partial charge in [-0.2, -0.15) is 9.40 Å². The number of halogens is 1. The second kappa shape index (κ2) is 10.8. The molecule has 12 heteroatoms. The smallest absolute Gasteiger partial charge is 0.243 e. The maximum absolute atomic E-state index is 13.0. The summed E-state index contributed by atoms with van der Waals surface area (Å²) >= 11 is 7.26. The second-order valence-corrected chi connectivity index (χ2v) is 12.1. The van der Waals surface area contributed by atoms with Crippen LogP contribution < -0.4 is 5.32 Å². The fourth-order valence-electron chi connectivity index (χ4n) is 4.31. The van der Waals surface area contributed by atoms with Crippen LogP contribution in [0.3, 0.4) is 0 Å². The SMILES string of the molecule is CC1CCCCN1S(=O)(=O)c1ccc(NC(=O)CSc2ncnc3c2cnn3-c2ccc(Cl)cc2)cc1. The number of amides is 1. The summed E-state index contributed by atoms with van der Waals surface area (Å²) in [7, 11) is -3.56. The molecule has 4 aromatic rings. The van der Waals surface area contributed by atoms with Gasteiger partial charge in [-0.25, -0.2) is 23.1 Å². The summed E-state index contributed by atoms with van der Waals surface area (Å²) in [5.41, 5.74) is 1.96. The van der Waals surface area contributed by atoms with E-state index in [-0.39, 0.29) is 22.6 Å². The number of piperidine rings is 1. The van der Waals surface area contributed by atoms with Crippen LogP contribution >= 0.6 is 23.4 Å². The van der Waals surface area contributed by atoms with Gasteiger partial charge in [0.15, 0.2) is 5.65 Å². The maximum atomic E-state index is 13.0. The standard InChI is InChI=1S/C25H25ClN6O3S2/c1-17-4-2-3-13-31(17)37(34,35)21-11-7-19(8-12-21)30-23(33)15-36-25-22-14-29-32(24(22)27-16-28-25)20-9-5-18(26)6-10-20/h5-12,14,16-17H,2-4,13,15H2,1H3,(H,30,33). The lowest BCUT2D eigenvalue weighted by Gasteiger charge is -2.32. The van der Waals surface area contributed by atoms with Crippen molar-refractivity contribution in [3.05, 3.63) is 66.1 Å². The molecule has 0 spiro atoms. The van der Waals surface area contributed by atoms with Crippen molar-refractivity contribution < 1.29 is 13.2 Å². The van der Waals surface area contributed by atoms with Crippen molar-refractivity contribution >= 4 is 56.0 Å². The minimum atomic E-state index is -3.56. The van der Waals surface area contributed by atoms with Crippen LogP contribution in [0.1, 0.15) is 26.2 Å². The number of anilines is 1. The predicted octanol–water partition coefficient (Wildman–Crippen LogP) is 4.76. The topological polar surface area (TPSA) is 110 Å². The van der Waals surface area contributed by atoms with Gasteiger partial charge in [-0.05, 0) is 68.3 Å². The Bertz CT molecular complexity index is 1520. The van der Waals surface area contributed by atoms with Crippen molar-refractivity contribution in [1.82, 2.24) is 24.1 Å². The summed E-state index contributed by atoms with van der Waals surface area (Å²) in [6.45, 7) is 2.48. The molecule has 1 aliphatic heterocycles. The first-order valence-corrected chi connectivity index (χ1v) is 14.6. The lowest BCUT2D eigenvalue weighted by atomic mass is 10.1. The third-order valence-electron chi connectivity index (χ3n) is 6.23. The lowest BCUT2D eigenvalue weighted by molar-refractivity contribution is -0.113. The number of nitrogens with zero attached hydrogens (tertiary/aromatic N) is 5. The highest BCUT2D eigenvalue weighted by molar-refractivity contribution is 8.00. The first kappa shape index (κ1) is 25.7. The molecule has 1 fully saturated rings. The van der Waals surface area contributed by atoms with Crippen LogP contribution in [0.4, 0.5) is 5.69 Å². The van der Waals surface area contributed by atoms with Crippen molar-refractivity contribution in [3.63, 3.8) is 0 Å². The zero-order chi connectivity index (χ0) is 26.0. The molecule has 2 aromatic carbocycles. The second-order valence-electron chi connectivity index (χ2n) is 8.77. The molecule has 3 heterocycles. The van der Waals surface area contributed by atoms with Crippen molar-refractivity contribution in [2.75, 3.05) is 17.6 Å². The monoisotopic (exact) mass is 556 g/mol. The van der Waals surface area contributed by atoms with Crippen molar-refractivity contribution in [3.8, 4) is 5.69 Å². The molecule has 2 aromatic heterocycles. The van der Waals surface area contributed by atoms with Gasteiger partial charge < -0.3 is 5.32 Å². The van der Waals surface area contributed by atoms with E-state index in [4.69, 9.17) is 11.6 Å². The number of thioether (sulfide) groups is 1. The summed E-state index contributed by atoms with van der Waals surface area (Å²) in [5.74, 6) is -0.119. The molecule has 1 aliphatic rings. The number of aromatic nitrogens is 4. The van der Waals surface area contributed by atoms with E-state index in [0.717, 1.165) is 30.3 Å². The van der Waals surface area contributed by atoms with Crippen LogP contribution in [-0.2, 0) is 14.8 Å². The quantitative estimate of drug-likeness (QED) is 0.258. The minimum Gasteiger partial charge on any atom is -0.325 e. The summed E-state index contributed by atoms with van der Waals surface area (Å²) in [6, 6.07) is 13.6. The van der Waals surface area contributed by atoms with Gasteiger partial charge in [0.2, 0.25) is 15.9 Å². The Morgan fingerprint density at radius 3 is 2.59 bits per heavy atom. The van der Waals surface area contributed by atoms with Gasteiger partial charge in [0.25, 0.3) is 0 Å². The highest BCUT2D eigenvalue weighted by Crippen LogP contribution is 2.28. The molecule has 1 saturated heterocycles. The number of hydrogen-bond donors (Lipinski definition) is 1. The summed E-state index contributed by atoms with van der Waals surface area (Å²) in [6.07, 6.45) is 5.90. The van der Waals surface area contributed by atoms with E-state index in [9.17, 15) is 13.2 Å². The molecular weight excluding hydrogens is 532 g/mol. The van der Waals surface area contributed by atoms with Crippen LogP contribution in [0.15, 0.2) is 71.0 Å². The Morgan fingerprint density at radius 1 is 1.11 bits per heavy atom. The maximum Gasteiger partial charge on any atom is 0.243 e. The number of carbonyl (C=O) groups is 1.